The number of ether oxygens (including phenoxy) is 1. The van der Waals surface area contributed by atoms with Crippen LogP contribution in [0.25, 0.3) is 0 Å². The molecular weight excluding hydrogens is 350 g/mol. The second-order valence-electron chi connectivity index (χ2n) is 7.60. The lowest BCUT2D eigenvalue weighted by Crippen LogP contribution is -2.55. The highest BCUT2D eigenvalue weighted by Gasteiger charge is 2.39. The average Bonchev–Trinajstić information content (AvgIpc) is 2.66. The van der Waals surface area contributed by atoms with E-state index in [0.717, 1.165) is 22.4 Å². The van der Waals surface area contributed by atoms with Crippen molar-refractivity contribution in [2.75, 3.05) is 12.4 Å². The topological polar surface area (TPSA) is 110 Å². The summed E-state index contributed by atoms with van der Waals surface area (Å²) in [4.78, 5) is 4.75. The van der Waals surface area contributed by atoms with Crippen molar-refractivity contribution in [3.8, 4) is 0 Å². The molecule has 148 valence electrons. The molecule has 1 aromatic rings. The van der Waals surface area contributed by atoms with Gasteiger partial charge in [-0.15, -0.1) is 0 Å². The smallest absolute Gasteiger partial charge is 0.146 e. The fraction of sp³-hybridized carbons (Fsp3) is 0.364. The molecule has 0 fully saturated rings. The van der Waals surface area contributed by atoms with E-state index in [1.165, 1.54) is 0 Å². The minimum atomic E-state index is -0.816. The van der Waals surface area contributed by atoms with Crippen LogP contribution >= 0.6 is 0 Å². The number of aryl methyl sites for hydroxylation is 1. The molecule has 1 heterocycles. The first-order chi connectivity index (χ1) is 13.3. The van der Waals surface area contributed by atoms with Gasteiger partial charge in [-0.1, -0.05) is 37.3 Å². The third kappa shape index (κ3) is 3.66. The Morgan fingerprint density at radius 2 is 2.04 bits per heavy atom. The normalized spacial score (nSPS) is 29.6. The number of hydrogen-bond donors (Lipinski definition) is 4. The van der Waals surface area contributed by atoms with E-state index >= 15 is 0 Å². The van der Waals surface area contributed by atoms with Crippen LogP contribution in [0, 0.1) is 18.3 Å². The highest BCUT2D eigenvalue weighted by molar-refractivity contribution is 6.05. The van der Waals surface area contributed by atoms with E-state index in [-0.39, 0.29) is 17.9 Å². The van der Waals surface area contributed by atoms with Gasteiger partial charge in [0.15, 0.2) is 0 Å². The number of anilines is 1. The highest BCUT2D eigenvalue weighted by atomic mass is 16.5. The monoisotopic (exact) mass is 379 g/mol. The molecule has 1 aliphatic carbocycles. The number of nitrogens with zero attached hydrogens (tertiary/aromatic N) is 1. The lowest BCUT2D eigenvalue weighted by atomic mass is 9.83. The zero-order valence-corrected chi connectivity index (χ0v) is 16.9. The van der Waals surface area contributed by atoms with Crippen molar-refractivity contribution in [2.24, 2.45) is 22.4 Å². The van der Waals surface area contributed by atoms with E-state index in [1.54, 1.807) is 13.3 Å². The maximum atomic E-state index is 8.17. The van der Waals surface area contributed by atoms with Gasteiger partial charge in [0.25, 0.3) is 0 Å². The quantitative estimate of drug-likeness (QED) is 0.466. The lowest BCUT2D eigenvalue weighted by molar-refractivity contribution is 0.111. The van der Waals surface area contributed by atoms with Gasteiger partial charge in [-0.3, -0.25) is 10.4 Å². The summed E-state index contributed by atoms with van der Waals surface area (Å²) >= 11 is 0. The molecule has 0 aromatic heterocycles. The van der Waals surface area contributed by atoms with E-state index in [0.29, 0.717) is 5.57 Å². The Balaban J connectivity index is 2.00. The standard InChI is InChI=1S/C22H29N5O/c1-13-7-5-6-8-17(13)27-22(3)20(23)19(21(24)25)16(12-26-22)15-10-9-14(2)18(11-15)28-4/h5-12,14,18,20,27H,23H2,1-4H3,(H3,24,25). The van der Waals surface area contributed by atoms with Crippen molar-refractivity contribution in [2.45, 2.75) is 38.6 Å². The predicted molar refractivity (Wildman–Crippen MR) is 116 cm³/mol. The number of para-hydroxylation sites is 1. The van der Waals surface area contributed by atoms with E-state index < -0.39 is 11.7 Å². The van der Waals surface area contributed by atoms with Crippen LogP contribution in [0.1, 0.15) is 19.4 Å². The van der Waals surface area contributed by atoms with Crippen LogP contribution < -0.4 is 16.8 Å². The van der Waals surface area contributed by atoms with Gasteiger partial charge < -0.3 is 21.5 Å². The average molecular weight is 380 g/mol. The number of nitrogens with one attached hydrogen (secondary N) is 2. The highest BCUT2D eigenvalue weighted by Crippen LogP contribution is 2.33. The number of hydrogen-bond acceptors (Lipinski definition) is 5. The second-order valence-corrected chi connectivity index (χ2v) is 7.60. The maximum Gasteiger partial charge on any atom is 0.146 e. The molecule has 1 aromatic carbocycles. The number of methoxy groups -OCH3 is 1. The van der Waals surface area contributed by atoms with Gasteiger partial charge in [0.1, 0.15) is 11.5 Å². The van der Waals surface area contributed by atoms with Gasteiger partial charge in [0, 0.05) is 36.1 Å². The van der Waals surface area contributed by atoms with Crippen LogP contribution in [0.15, 0.2) is 64.2 Å². The van der Waals surface area contributed by atoms with Crippen molar-refractivity contribution in [3.05, 3.63) is 64.8 Å². The lowest BCUT2D eigenvalue weighted by Gasteiger charge is -2.39. The Morgan fingerprint density at radius 3 is 2.68 bits per heavy atom. The minimum Gasteiger partial charge on any atom is -0.384 e. The SMILES string of the molecule is COC1C=C(C2=C(C(=N)N)C(N)C(C)(Nc3ccccc3C)N=C2)C=CC1C. The van der Waals surface area contributed by atoms with E-state index in [9.17, 15) is 0 Å². The molecule has 28 heavy (non-hydrogen) atoms. The fourth-order valence-corrected chi connectivity index (χ4v) is 3.65. The molecule has 4 atom stereocenters. The molecule has 4 unspecified atom stereocenters. The van der Waals surface area contributed by atoms with Crippen molar-refractivity contribution in [1.82, 2.24) is 0 Å². The van der Waals surface area contributed by atoms with Crippen molar-refractivity contribution >= 4 is 17.7 Å². The zero-order valence-electron chi connectivity index (χ0n) is 16.9. The second kappa shape index (κ2) is 7.73. The molecule has 0 saturated heterocycles. The molecule has 0 spiro atoms. The molecule has 2 aliphatic rings. The summed E-state index contributed by atoms with van der Waals surface area (Å²) in [7, 11) is 1.69. The van der Waals surface area contributed by atoms with Crippen molar-refractivity contribution < 1.29 is 4.74 Å². The van der Waals surface area contributed by atoms with Crippen LogP contribution in [0.2, 0.25) is 0 Å². The number of rotatable bonds is 5. The Kier molecular flexibility index (Phi) is 5.54. The summed E-state index contributed by atoms with van der Waals surface area (Å²) in [6.45, 7) is 6.05. The Hall–Kier alpha value is -2.70. The number of dihydropyridines is 1. The van der Waals surface area contributed by atoms with E-state index in [1.807, 2.05) is 50.3 Å². The summed E-state index contributed by atoms with van der Waals surface area (Å²) in [6.07, 6.45) is 7.88. The summed E-state index contributed by atoms with van der Waals surface area (Å²) < 4.78 is 5.56. The number of allylic oxidation sites excluding steroid dienone is 3. The minimum absolute atomic E-state index is 0.0382. The molecule has 3 rings (SSSR count). The molecule has 0 saturated carbocycles. The van der Waals surface area contributed by atoms with Crippen LogP contribution in [0.5, 0.6) is 0 Å². The van der Waals surface area contributed by atoms with Crippen LogP contribution in [0.4, 0.5) is 5.69 Å². The van der Waals surface area contributed by atoms with Gasteiger partial charge in [0.05, 0.1) is 12.1 Å². The molecule has 0 radical (unpaired) electrons. The molecule has 0 bridgehead atoms. The van der Waals surface area contributed by atoms with Gasteiger partial charge in [-0.05, 0) is 37.1 Å². The van der Waals surface area contributed by atoms with Gasteiger partial charge in [-0.25, -0.2) is 0 Å². The largest absolute Gasteiger partial charge is 0.384 e. The summed E-state index contributed by atoms with van der Waals surface area (Å²) in [6, 6.07) is 7.39. The first-order valence-electron chi connectivity index (χ1n) is 9.43. The first-order valence-corrected chi connectivity index (χ1v) is 9.43. The van der Waals surface area contributed by atoms with Gasteiger partial charge in [0.2, 0.25) is 0 Å². The number of nitrogens with two attached hydrogens (primary N) is 2. The molecule has 6 heteroatoms. The third-order valence-electron chi connectivity index (χ3n) is 5.52. The Morgan fingerprint density at radius 1 is 1.32 bits per heavy atom. The summed E-state index contributed by atoms with van der Waals surface area (Å²) in [5.41, 5.74) is 16.1. The predicted octanol–water partition coefficient (Wildman–Crippen LogP) is 2.91. The van der Waals surface area contributed by atoms with Crippen LogP contribution in [-0.2, 0) is 4.74 Å². The molecule has 1 aliphatic heterocycles. The van der Waals surface area contributed by atoms with Crippen LogP contribution in [0.3, 0.4) is 0 Å². The number of aliphatic imine (C=N–C) groups is 1. The van der Waals surface area contributed by atoms with Crippen molar-refractivity contribution in [1.29, 1.82) is 5.41 Å². The number of amidine groups is 1. The van der Waals surface area contributed by atoms with E-state index in [4.69, 9.17) is 26.6 Å². The molecule has 0 amide bonds. The van der Waals surface area contributed by atoms with Gasteiger partial charge >= 0.3 is 0 Å². The number of benzene rings is 1. The fourth-order valence-electron chi connectivity index (χ4n) is 3.65. The zero-order chi connectivity index (χ0) is 20.5. The third-order valence-corrected chi connectivity index (χ3v) is 5.52. The first kappa shape index (κ1) is 20.0. The Bertz CT molecular complexity index is 898. The molecule has 6 N–H and O–H groups in total. The van der Waals surface area contributed by atoms with E-state index in [2.05, 4.69) is 18.3 Å². The molecule has 6 nitrogen and oxygen atoms in total. The Labute approximate surface area is 166 Å². The molecular formula is C22H29N5O. The summed E-state index contributed by atoms with van der Waals surface area (Å²) in [5, 5.41) is 11.6. The van der Waals surface area contributed by atoms with Crippen LogP contribution in [-0.4, -0.2) is 37.0 Å². The summed E-state index contributed by atoms with van der Waals surface area (Å²) in [5.74, 6) is 0.227. The van der Waals surface area contributed by atoms with Gasteiger partial charge in [-0.2, -0.15) is 0 Å². The maximum absolute atomic E-state index is 8.17. The van der Waals surface area contributed by atoms with Crippen molar-refractivity contribution in [3.63, 3.8) is 0 Å².